The van der Waals surface area contributed by atoms with E-state index in [-0.39, 0.29) is 10.8 Å². The van der Waals surface area contributed by atoms with Gasteiger partial charge in [0.25, 0.3) is 0 Å². The quantitative estimate of drug-likeness (QED) is 0.890. The highest BCUT2D eigenvalue weighted by Crippen LogP contribution is 2.35. The number of rotatable bonds is 2. The SMILES string of the molecule is O=c1[nH]c(O)c(Cc2cc(Br)cc3c2OCC3)s1. The van der Waals surface area contributed by atoms with Gasteiger partial charge in [-0.15, -0.1) is 0 Å². The first-order valence-corrected chi connectivity index (χ1v) is 7.09. The Morgan fingerprint density at radius 2 is 2.33 bits per heavy atom. The summed E-state index contributed by atoms with van der Waals surface area (Å²) in [5.74, 6) is 0.843. The summed E-state index contributed by atoms with van der Waals surface area (Å²) in [7, 11) is 0. The highest BCUT2D eigenvalue weighted by molar-refractivity contribution is 9.10. The number of ether oxygens (including phenoxy) is 1. The lowest BCUT2D eigenvalue weighted by Crippen LogP contribution is -1.93. The Labute approximate surface area is 115 Å². The van der Waals surface area contributed by atoms with E-state index in [1.807, 2.05) is 12.1 Å². The fourth-order valence-electron chi connectivity index (χ4n) is 2.12. The molecule has 1 aliphatic rings. The maximum atomic E-state index is 11.2. The second-order valence-electron chi connectivity index (χ2n) is 4.11. The van der Waals surface area contributed by atoms with Gasteiger partial charge in [0.2, 0.25) is 5.88 Å². The van der Waals surface area contributed by atoms with Crippen LogP contribution in [0.5, 0.6) is 11.6 Å². The summed E-state index contributed by atoms with van der Waals surface area (Å²) in [4.78, 5) is 13.9. The number of nitrogens with one attached hydrogen (secondary N) is 1. The molecule has 0 fully saturated rings. The molecule has 0 bridgehead atoms. The fraction of sp³-hybridized carbons (Fsp3) is 0.250. The Hall–Kier alpha value is -1.27. The third-order valence-electron chi connectivity index (χ3n) is 2.88. The van der Waals surface area contributed by atoms with Crippen LogP contribution in [0, 0.1) is 0 Å². The lowest BCUT2D eigenvalue weighted by atomic mass is 10.1. The Bertz CT molecular complexity index is 662. The molecule has 3 rings (SSSR count). The van der Waals surface area contributed by atoms with Crippen LogP contribution in [-0.4, -0.2) is 16.7 Å². The topological polar surface area (TPSA) is 62.3 Å². The molecule has 0 spiro atoms. The molecular weight excluding hydrogens is 318 g/mol. The highest BCUT2D eigenvalue weighted by atomic mass is 79.9. The van der Waals surface area contributed by atoms with E-state index in [1.165, 1.54) is 5.56 Å². The molecule has 94 valence electrons. The molecule has 2 aromatic rings. The standard InChI is InChI=1S/C12H10BrNO3S/c13-8-3-6-1-2-17-10(6)7(4-8)5-9-11(15)14-12(16)18-9/h3-4,15H,1-2,5H2,(H,14,16). The molecule has 6 heteroatoms. The first kappa shape index (κ1) is 11.8. The van der Waals surface area contributed by atoms with Gasteiger partial charge < -0.3 is 9.84 Å². The molecule has 0 unspecified atom stereocenters. The number of aromatic hydroxyl groups is 1. The van der Waals surface area contributed by atoms with Gasteiger partial charge in [0.1, 0.15) is 5.75 Å². The molecule has 1 aromatic carbocycles. The van der Waals surface area contributed by atoms with E-state index in [2.05, 4.69) is 20.9 Å². The minimum absolute atomic E-state index is 0.0447. The van der Waals surface area contributed by atoms with E-state index < -0.39 is 0 Å². The van der Waals surface area contributed by atoms with Gasteiger partial charge in [-0.2, -0.15) is 0 Å². The minimum Gasteiger partial charge on any atom is -0.494 e. The van der Waals surface area contributed by atoms with Crippen molar-refractivity contribution in [3.8, 4) is 11.6 Å². The van der Waals surface area contributed by atoms with E-state index in [9.17, 15) is 9.90 Å². The van der Waals surface area contributed by atoms with Gasteiger partial charge in [-0.25, -0.2) is 0 Å². The summed E-state index contributed by atoms with van der Waals surface area (Å²) in [6.45, 7) is 0.689. The molecule has 2 heterocycles. The molecule has 18 heavy (non-hydrogen) atoms. The molecule has 0 saturated carbocycles. The number of thiazole rings is 1. The molecule has 2 N–H and O–H groups in total. The van der Waals surface area contributed by atoms with Crippen LogP contribution >= 0.6 is 27.3 Å². The third kappa shape index (κ3) is 2.06. The molecule has 1 aromatic heterocycles. The zero-order chi connectivity index (χ0) is 12.7. The normalized spacial score (nSPS) is 13.4. The molecule has 4 nitrogen and oxygen atoms in total. The van der Waals surface area contributed by atoms with Gasteiger partial charge in [0, 0.05) is 22.9 Å². The molecule has 1 aliphatic heterocycles. The second kappa shape index (κ2) is 4.44. The molecule has 0 amide bonds. The van der Waals surface area contributed by atoms with E-state index >= 15 is 0 Å². The van der Waals surface area contributed by atoms with Gasteiger partial charge in [-0.3, -0.25) is 9.78 Å². The van der Waals surface area contributed by atoms with Crippen molar-refractivity contribution in [1.82, 2.24) is 4.98 Å². The van der Waals surface area contributed by atoms with Crippen molar-refractivity contribution in [1.29, 1.82) is 0 Å². The van der Waals surface area contributed by atoms with Crippen LogP contribution in [0.3, 0.4) is 0 Å². The largest absolute Gasteiger partial charge is 0.494 e. The van der Waals surface area contributed by atoms with Crippen LogP contribution in [0.25, 0.3) is 0 Å². The number of hydrogen-bond acceptors (Lipinski definition) is 4. The predicted octanol–water partition coefficient (Wildman–Crippen LogP) is 2.43. The maximum Gasteiger partial charge on any atom is 0.307 e. The summed E-state index contributed by atoms with van der Waals surface area (Å²) in [6, 6.07) is 4.01. The first-order valence-electron chi connectivity index (χ1n) is 5.48. The van der Waals surface area contributed by atoms with Crippen molar-refractivity contribution in [2.24, 2.45) is 0 Å². The number of hydrogen-bond donors (Lipinski definition) is 2. The van der Waals surface area contributed by atoms with Gasteiger partial charge in [-0.05, 0) is 17.7 Å². The van der Waals surface area contributed by atoms with Crippen LogP contribution in [0.2, 0.25) is 0 Å². The number of H-pyrrole nitrogens is 1. The van der Waals surface area contributed by atoms with Gasteiger partial charge in [-0.1, -0.05) is 27.3 Å². The van der Waals surface area contributed by atoms with Crippen molar-refractivity contribution >= 4 is 27.3 Å². The monoisotopic (exact) mass is 327 g/mol. The third-order valence-corrected chi connectivity index (χ3v) is 4.21. The summed E-state index contributed by atoms with van der Waals surface area (Å²) in [5.41, 5.74) is 2.16. The number of halogens is 1. The van der Waals surface area contributed by atoms with Gasteiger partial charge in [0.15, 0.2) is 0 Å². The first-order chi connectivity index (χ1) is 8.63. The minimum atomic E-state index is -0.241. The summed E-state index contributed by atoms with van der Waals surface area (Å²) < 4.78 is 6.61. The van der Waals surface area contributed by atoms with Gasteiger partial charge >= 0.3 is 4.87 Å². The van der Waals surface area contributed by atoms with E-state index in [0.717, 1.165) is 33.5 Å². The van der Waals surface area contributed by atoms with Crippen molar-refractivity contribution < 1.29 is 9.84 Å². The Balaban J connectivity index is 2.03. The number of benzene rings is 1. The van der Waals surface area contributed by atoms with E-state index in [4.69, 9.17) is 4.74 Å². The zero-order valence-electron chi connectivity index (χ0n) is 9.33. The average Bonchev–Trinajstić information content (AvgIpc) is 2.86. The van der Waals surface area contributed by atoms with E-state index in [1.54, 1.807) is 0 Å². The second-order valence-corrected chi connectivity index (χ2v) is 6.10. The van der Waals surface area contributed by atoms with Crippen molar-refractivity contribution in [3.63, 3.8) is 0 Å². The Morgan fingerprint density at radius 1 is 1.50 bits per heavy atom. The number of fused-ring (bicyclic) bond motifs is 1. The van der Waals surface area contributed by atoms with Crippen molar-refractivity contribution in [3.05, 3.63) is 42.3 Å². The number of aromatic amines is 1. The van der Waals surface area contributed by atoms with Crippen LogP contribution in [0.1, 0.15) is 16.0 Å². The van der Waals surface area contributed by atoms with Crippen LogP contribution < -0.4 is 9.61 Å². The lowest BCUT2D eigenvalue weighted by molar-refractivity contribution is 0.354. The molecular formula is C12H10BrNO3S. The number of aromatic nitrogens is 1. The van der Waals surface area contributed by atoms with Crippen molar-refractivity contribution in [2.75, 3.05) is 6.61 Å². The highest BCUT2D eigenvalue weighted by Gasteiger charge is 2.19. The lowest BCUT2D eigenvalue weighted by Gasteiger charge is -2.08. The Kier molecular flexibility index (Phi) is 2.91. The summed E-state index contributed by atoms with van der Waals surface area (Å²) >= 11 is 4.50. The zero-order valence-corrected chi connectivity index (χ0v) is 11.7. The summed E-state index contributed by atoms with van der Waals surface area (Å²) in [6.07, 6.45) is 1.40. The maximum absolute atomic E-state index is 11.2. The van der Waals surface area contributed by atoms with Crippen LogP contribution in [0.4, 0.5) is 0 Å². The van der Waals surface area contributed by atoms with E-state index in [0.29, 0.717) is 17.9 Å². The molecule has 0 aliphatic carbocycles. The molecule has 0 atom stereocenters. The molecule has 0 radical (unpaired) electrons. The van der Waals surface area contributed by atoms with Crippen LogP contribution in [0.15, 0.2) is 21.4 Å². The molecule has 0 saturated heterocycles. The van der Waals surface area contributed by atoms with Gasteiger partial charge in [0.05, 0.1) is 11.5 Å². The van der Waals surface area contributed by atoms with Crippen LogP contribution in [-0.2, 0) is 12.8 Å². The predicted molar refractivity (Wildman–Crippen MR) is 72.8 cm³/mol. The fourth-order valence-corrected chi connectivity index (χ4v) is 3.42. The summed E-state index contributed by atoms with van der Waals surface area (Å²) in [5, 5.41) is 9.61. The Morgan fingerprint density at radius 3 is 3.06 bits per heavy atom. The van der Waals surface area contributed by atoms with Crippen molar-refractivity contribution in [2.45, 2.75) is 12.8 Å². The smallest absolute Gasteiger partial charge is 0.307 e. The average molecular weight is 328 g/mol.